The average Bonchev–Trinajstić information content (AvgIpc) is 3.09. The smallest absolute Gasteiger partial charge is 0.244 e. The van der Waals surface area contributed by atoms with Gasteiger partial charge in [-0.15, -0.1) is 0 Å². The largest absolute Gasteiger partial charge is 0.467 e. The van der Waals surface area contributed by atoms with Crippen molar-refractivity contribution >= 4 is 12.0 Å². The van der Waals surface area contributed by atoms with E-state index in [1.54, 1.807) is 30.3 Å². The van der Waals surface area contributed by atoms with Crippen LogP contribution in [0.5, 0.6) is 0 Å². The Morgan fingerprint density at radius 3 is 2.79 bits per heavy atom. The maximum Gasteiger partial charge on any atom is 0.244 e. The molecule has 100 valence electrons. The number of carbonyl (C=O) groups excluding carboxylic acids is 1. The molecule has 5 nitrogen and oxygen atoms in total. The molecule has 5 heteroatoms. The lowest BCUT2D eigenvalue weighted by Crippen LogP contribution is -2.23. The molecule has 2 aromatic rings. The minimum atomic E-state index is -0.704. The summed E-state index contributed by atoms with van der Waals surface area (Å²) in [5, 5.41) is 12.4. The van der Waals surface area contributed by atoms with Crippen LogP contribution < -0.4 is 5.32 Å². The van der Waals surface area contributed by atoms with E-state index in [0.29, 0.717) is 24.5 Å². The standard InChI is InChI=1S/C14H15NO4/c16-12(13-4-2-10-19-13)7-8-15-14(17)6-5-11-3-1-9-18-11/h1-6,9-10,12,16H,7-8H2,(H,15,17)/b6-5+/t12-/m1/s1. The third kappa shape index (κ3) is 4.15. The summed E-state index contributed by atoms with van der Waals surface area (Å²) in [6.07, 6.45) is 5.70. The normalized spacial score (nSPS) is 12.7. The van der Waals surface area contributed by atoms with Gasteiger partial charge in [-0.25, -0.2) is 0 Å². The summed E-state index contributed by atoms with van der Waals surface area (Å²) < 4.78 is 10.1. The van der Waals surface area contributed by atoms with Gasteiger partial charge < -0.3 is 19.3 Å². The molecule has 0 aliphatic carbocycles. The molecule has 0 saturated carbocycles. The van der Waals surface area contributed by atoms with Gasteiger partial charge in [0.1, 0.15) is 17.6 Å². The van der Waals surface area contributed by atoms with Gasteiger partial charge in [0.15, 0.2) is 0 Å². The molecule has 0 saturated heterocycles. The molecule has 1 atom stereocenters. The van der Waals surface area contributed by atoms with Crippen LogP contribution in [0.25, 0.3) is 6.08 Å². The van der Waals surface area contributed by atoms with Crippen molar-refractivity contribution in [3.05, 3.63) is 54.4 Å². The van der Waals surface area contributed by atoms with E-state index in [9.17, 15) is 9.90 Å². The minimum absolute atomic E-state index is 0.233. The molecule has 2 N–H and O–H groups in total. The van der Waals surface area contributed by atoms with Crippen molar-refractivity contribution in [1.29, 1.82) is 0 Å². The molecule has 2 rings (SSSR count). The quantitative estimate of drug-likeness (QED) is 0.781. The first-order valence-corrected chi connectivity index (χ1v) is 5.96. The van der Waals surface area contributed by atoms with Gasteiger partial charge in [0, 0.05) is 12.6 Å². The molecule has 2 heterocycles. The van der Waals surface area contributed by atoms with E-state index in [4.69, 9.17) is 8.83 Å². The number of rotatable bonds is 6. The van der Waals surface area contributed by atoms with Crippen LogP contribution in [0.1, 0.15) is 24.0 Å². The van der Waals surface area contributed by atoms with Gasteiger partial charge in [-0.1, -0.05) is 0 Å². The summed E-state index contributed by atoms with van der Waals surface area (Å²) in [6.45, 7) is 0.364. The van der Waals surface area contributed by atoms with Crippen molar-refractivity contribution in [3.63, 3.8) is 0 Å². The van der Waals surface area contributed by atoms with Gasteiger partial charge in [-0.2, -0.15) is 0 Å². The Hall–Kier alpha value is -2.27. The van der Waals surface area contributed by atoms with Crippen LogP contribution in [0.4, 0.5) is 0 Å². The highest BCUT2D eigenvalue weighted by Crippen LogP contribution is 2.15. The van der Waals surface area contributed by atoms with Crippen molar-refractivity contribution in [2.75, 3.05) is 6.54 Å². The van der Waals surface area contributed by atoms with Crippen LogP contribution in [0, 0.1) is 0 Å². The number of aliphatic hydroxyl groups excluding tert-OH is 1. The first kappa shape index (κ1) is 13.2. The molecule has 0 unspecified atom stereocenters. The molecule has 0 aliphatic heterocycles. The van der Waals surface area contributed by atoms with E-state index in [1.165, 1.54) is 18.6 Å². The molecule has 0 fully saturated rings. The number of hydrogen-bond acceptors (Lipinski definition) is 4. The predicted octanol–water partition coefficient (Wildman–Crippen LogP) is 2.13. The highest BCUT2D eigenvalue weighted by molar-refractivity contribution is 5.91. The summed E-state index contributed by atoms with van der Waals surface area (Å²) in [5.74, 6) is 0.884. The summed E-state index contributed by atoms with van der Waals surface area (Å²) in [4.78, 5) is 11.5. The molecule has 0 bridgehead atoms. The number of hydrogen-bond donors (Lipinski definition) is 2. The summed E-state index contributed by atoms with van der Waals surface area (Å²) >= 11 is 0. The topological polar surface area (TPSA) is 75.6 Å². The summed E-state index contributed by atoms with van der Waals surface area (Å²) in [5.41, 5.74) is 0. The molecule has 0 aliphatic rings. The second-order valence-corrected chi connectivity index (χ2v) is 3.96. The Morgan fingerprint density at radius 2 is 2.11 bits per heavy atom. The Balaban J connectivity index is 1.69. The first-order valence-electron chi connectivity index (χ1n) is 5.96. The third-order valence-corrected chi connectivity index (χ3v) is 2.53. The van der Waals surface area contributed by atoms with E-state index in [1.807, 2.05) is 0 Å². The first-order chi connectivity index (χ1) is 9.25. The van der Waals surface area contributed by atoms with Crippen molar-refractivity contribution in [2.24, 2.45) is 0 Å². The number of furan rings is 2. The number of carbonyl (C=O) groups is 1. The van der Waals surface area contributed by atoms with E-state index in [-0.39, 0.29) is 5.91 Å². The molecule has 19 heavy (non-hydrogen) atoms. The lowest BCUT2D eigenvalue weighted by molar-refractivity contribution is -0.116. The van der Waals surface area contributed by atoms with Crippen molar-refractivity contribution in [1.82, 2.24) is 5.32 Å². The third-order valence-electron chi connectivity index (χ3n) is 2.53. The lowest BCUT2D eigenvalue weighted by Gasteiger charge is -2.07. The highest BCUT2D eigenvalue weighted by atomic mass is 16.4. The molecule has 0 spiro atoms. The maximum atomic E-state index is 11.5. The molecule has 2 aromatic heterocycles. The second kappa shape index (κ2) is 6.61. The van der Waals surface area contributed by atoms with E-state index in [0.717, 1.165) is 0 Å². The predicted molar refractivity (Wildman–Crippen MR) is 69.0 cm³/mol. The molecular formula is C14H15NO4. The maximum absolute atomic E-state index is 11.5. The summed E-state index contributed by atoms with van der Waals surface area (Å²) in [6, 6.07) is 6.91. The van der Waals surface area contributed by atoms with Crippen LogP contribution in [-0.4, -0.2) is 17.6 Å². The Labute approximate surface area is 110 Å². The van der Waals surface area contributed by atoms with Crippen LogP contribution in [0.2, 0.25) is 0 Å². The average molecular weight is 261 g/mol. The van der Waals surface area contributed by atoms with Gasteiger partial charge in [0.05, 0.1) is 12.5 Å². The van der Waals surface area contributed by atoms with Crippen LogP contribution in [-0.2, 0) is 4.79 Å². The van der Waals surface area contributed by atoms with E-state index in [2.05, 4.69) is 5.32 Å². The van der Waals surface area contributed by atoms with Gasteiger partial charge >= 0.3 is 0 Å². The SMILES string of the molecule is O=C(/C=C/c1ccco1)NCC[C@@H](O)c1ccco1. The van der Waals surface area contributed by atoms with Crippen LogP contribution >= 0.6 is 0 Å². The second-order valence-electron chi connectivity index (χ2n) is 3.96. The molecule has 1 amide bonds. The zero-order valence-electron chi connectivity index (χ0n) is 10.3. The van der Waals surface area contributed by atoms with Crippen molar-refractivity contribution < 1.29 is 18.7 Å². The van der Waals surface area contributed by atoms with Crippen molar-refractivity contribution in [3.8, 4) is 0 Å². The number of nitrogens with one attached hydrogen (secondary N) is 1. The molecule has 0 radical (unpaired) electrons. The monoisotopic (exact) mass is 261 g/mol. The summed E-state index contributed by atoms with van der Waals surface area (Å²) in [7, 11) is 0. The fraction of sp³-hybridized carbons (Fsp3) is 0.214. The van der Waals surface area contributed by atoms with Crippen molar-refractivity contribution in [2.45, 2.75) is 12.5 Å². The van der Waals surface area contributed by atoms with E-state index < -0.39 is 6.10 Å². The Kier molecular flexibility index (Phi) is 4.58. The lowest BCUT2D eigenvalue weighted by atomic mass is 10.2. The van der Waals surface area contributed by atoms with Gasteiger partial charge in [0.25, 0.3) is 0 Å². The molecule has 0 aromatic carbocycles. The van der Waals surface area contributed by atoms with Gasteiger partial charge in [0.2, 0.25) is 5.91 Å². The van der Waals surface area contributed by atoms with Gasteiger partial charge in [-0.05, 0) is 36.8 Å². The van der Waals surface area contributed by atoms with E-state index >= 15 is 0 Å². The number of aliphatic hydroxyl groups is 1. The number of amides is 1. The fourth-order valence-corrected chi connectivity index (χ4v) is 1.56. The van der Waals surface area contributed by atoms with Gasteiger partial charge in [-0.3, -0.25) is 4.79 Å². The highest BCUT2D eigenvalue weighted by Gasteiger charge is 2.09. The molecular weight excluding hydrogens is 246 g/mol. The minimum Gasteiger partial charge on any atom is -0.467 e. The van der Waals surface area contributed by atoms with Crippen LogP contribution in [0.15, 0.2) is 51.7 Å². The Bertz CT molecular complexity index is 514. The fourth-order valence-electron chi connectivity index (χ4n) is 1.56. The zero-order chi connectivity index (χ0) is 13.5. The zero-order valence-corrected chi connectivity index (χ0v) is 10.3. The van der Waals surface area contributed by atoms with Crippen LogP contribution in [0.3, 0.4) is 0 Å². The Morgan fingerprint density at radius 1 is 1.32 bits per heavy atom.